The van der Waals surface area contributed by atoms with Crippen LogP contribution in [0.2, 0.25) is 0 Å². The number of nitrogens with one attached hydrogen (secondary N) is 1. The standard InChI is InChI=1S/C16H14BrN3O/c1-2-10-4-3-5-13-14(10)18-16(21)15(13)20-19-12-8-6-11(17)7-9-12/h3-9,18,21H,2H2,1H3. The highest BCUT2D eigenvalue weighted by molar-refractivity contribution is 9.10. The Kier molecular flexibility index (Phi) is 3.75. The Balaban J connectivity index is 2.04. The van der Waals surface area contributed by atoms with Crippen molar-refractivity contribution in [2.75, 3.05) is 0 Å². The smallest absolute Gasteiger partial charge is 0.218 e. The van der Waals surface area contributed by atoms with Gasteiger partial charge in [0, 0.05) is 9.86 Å². The number of hydrogen-bond donors (Lipinski definition) is 2. The molecule has 0 saturated carbocycles. The minimum Gasteiger partial charge on any atom is -0.493 e. The van der Waals surface area contributed by atoms with Gasteiger partial charge in [0.15, 0.2) is 5.69 Å². The van der Waals surface area contributed by atoms with Gasteiger partial charge in [0.25, 0.3) is 0 Å². The van der Waals surface area contributed by atoms with Gasteiger partial charge in [0.2, 0.25) is 5.88 Å². The van der Waals surface area contributed by atoms with Crippen LogP contribution < -0.4 is 0 Å². The Morgan fingerprint density at radius 3 is 2.57 bits per heavy atom. The van der Waals surface area contributed by atoms with Crippen molar-refractivity contribution in [2.45, 2.75) is 13.3 Å². The molecule has 5 heteroatoms. The van der Waals surface area contributed by atoms with E-state index in [0.29, 0.717) is 5.69 Å². The summed E-state index contributed by atoms with van der Waals surface area (Å²) in [6, 6.07) is 13.5. The number of aromatic hydroxyl groups is 1. The largest absolute Gasteiger partial charge is 0.493 e. The maximum atomic E-state index is 10.1. The minimum absolute atomic E-state index is 0.0479. The minimum atomic E-state index is 0.0479. The summed E-state index contributed by atoms with van der Waals surface area (Å²) >= 11 is 3.38. The van der Waals surface area contributed by atoms with Crippen LogP contribution in [0.3, 0.4) is 0 Å². The van der Waals surface area contributed by atoms with Crippen LogP contribution in [0.4, 0.5) is 11.4 Å². The van der Waals surface area contributed by atoms with E-state index in [-0.39, 0.29) is 5.88 Å². The predicted molar refractivity (Wildman–Crippen MR) is 87.7 cm³/mol. The van der Waals surface area contributed by atoms with Gasteiger partial charge < -0.3 is 10.1 Å². The maximum absolute atomic E-state index is 10.1. The van der Waals surface area contributed by atoms with Gasteiger partial charge in [-0.2, -0.15) is 5.11 Å². The van der Waals surface area contributed by atoms with E-state index in [1.807, 2.05) is 42.5 Å². The number of para-hydroxylation sites is 1. The lowest BCUT2D eigenvalue weighted by Crippen LogP contribution is -1.80. The molecule has 3 rings (SSSR count). The summed E-state index contributed by atoms with van der Waals surface area (Å²) < 4.78 is 0.990. The first-order valence-electron chi connectivity index (χ1n) is 6.69. The van der Waals surface area contributed by atoms with E-state index in [4.69, 9.17) is 0 Å². The summed E-state index contributed by atoms with van der Waals surface area (Å²) in [5.41, 5.74) is 3.27. The number of azo groups is 1. The van der Waals surface area contributed by atoms with Crippen molar-refractivity contribution in [3.05, 3.63) is 52.5 Å². The molecule has 3 aromatic rings. The van der Waals surface area contributed by atoms with Crippen LogP contribution in [0.5, 0.6) is 5.88 Å². The molecule has 21 heavy (non-hydrogen) atoms. The Hall–Kier alpha value is -2.14. The molecule has 4 nitrogen and oxygen atoms in total. The molecule has 106 valence electrons. The third-order valence-corrected chi connectivity index (χ3v) is 3.88. The summed E-state index contributed by atoms with van der Waals surface area (Å²) in [5.74, 6) is 0.0479. The van der Waals surface area contributed by atoms with Crippen LogP contribution in [0.1, 0.15) is 12.5 Å². The van der Waals surface area contributed by atoms with Gasteiger partial charge in [-0.1, -0.05) is 41.1 Å². The Morgan fingerprint density at radius 1 is 1.10 bits per heavy atom. The second-order valence-corrected chi connectivity index (χ2v) is 5.61. The van der Waals surface area contributed by atoms with E-state index >= 15 is 0 Å². The third kappa shape index (κ3) is 2.69. The highest BCUT2D eigenvalue weighted by atomic mass is 79.9. The molecule has 0 aliphatic rings. The van der Waals surface area contributed by atoms with Gasteiger partial charge in [0.05, 0.1) is 11.2 Å². The molecule has 2 aromatic carbocycles. The number of hydrogen-bond acceptors (Lipinski definition) is 3. The van der Waals surface area contributed by atoms with Crippen LogP contribution in [0.15, 0.2) is 57.2 Å². The zero-order valence-electron chi connectivity index (χ0n) is 11.5. The van der Waals surface area contributed by atoms with Gasteiger partial charge in [0.1, 0.15) is 0 Å². The fraction of sp³-hybridized carbons (Fsp3) is 0.125. The molecule has 0 fully saturated rings. The summed E-state index contributed by atoms with van der Waals surface area (Å²) in [6.07, 6.45) is 0.889. The first kappa shape index (κ1) is 13.8. The molecule has 0 aliphatic heterocycles. The predicted octanol–water partition coefficient (Wildman–Crippen LogP) is 5.61. The lowest BCUT2D eigenvalue weighted by atomic mass is 10.1. The summed E-state index contributed by atoms with van der Waals surface area (Å²) in [5, 5.41) is 19.3. The molecule has 0 aliphatic carbocycles. The topological polar surface area (TPSA) is 60.7 Å². The number of benzene rings is 2. The molecule has 1 aromatic heterocycles. The number of aromatic nitrogens is 1. The van der Waals surface area contributed by atoms with Crippen molar-refractivity contribution in [1.29, 1.82) is 0 Å². The van der Waals surface area contributed by atoms with Crippen molar-refractivity contribution in [3.63, 3.8) is 0 Å². The van der Waals surface area contributed by atoms with Gasteiger partial charge in [-0.25, -0.2) is 0 Å². The molecular weight excluding hydrogens is 330 g/mol. The van der Waals surface area contributed by atoms with Crippen LogP contribution in [-0.4, -0.2) is 10.1 Å². The van der Waals surface area contributed by atoms with Crippen molar-refractivity contribution < 1.29 is 5.11 Å². The Morgan fingerprint density at radius 2 is 1.86 bits per heavy atom. The quantitative estimate of drug-likeness (QED) is 0.596. The molecule has 0 saturated heterocycles. The van der Waals surface area contributed by atoms with Crippen LogP contribution in [0.25, 0.3) is 10.9 Å². The van der Waals surface area contributed by atoms with Crippen molar-refractivity contribution in [2.24, 2.45) is 10.2 Å². The number of H-pyrrole nitrogens is 1. The highest BCUT2D eigenvalue weighted by Gasteiger charge is 2.12. The molecule has 0 unspecified atom stereocenters. The second-order valence-electron chi connectivity index (χ2n) is 4.69. The fourth-order valence-corrected chi connectivity index (χ4v) is 2.53. The van der Waals surface area contributed by atoms with Crippen LogP contribution in [0, 0.1) is 0 Å². The molecule has 0 amide bonds. The molecule has 0 spiro atoms. The molecule has 0 atom stereocenters. The van der Waals surface area contributed by atoms with Gasteiger partial charge >= 0.3 is 0 Å². The van der Waals surface area contributed by atoms with Gasteiger partial charge in [-0.05, 0) is 36.2 Å². The number of rotatable bonds is 3. The number of halogens is 1. The molecule has 1 heterocycles. The average molecular weight is 344 g/mol. The molecule has 0 radical (unpaired) electrons. The summed E-state index contributed by atoms with van der Waals surface area (Å²) in [4.78, 5) is 2.99. The van der Waals surface area contributed by atoms with E-state index < -0.39 is 0 Å². The zero-order valence-corrected chi connectivity index (χ0v) is 13.1. The van der Waals surface area contributed by atoms with E-state index in [9.17, 15) is 5.11 Å². The van der Waals surface area contributed by atoms with Crippen molar-refractivity contribution in [3.8, 4) is 5.88 Å². The Labute approximate surface area is 130 Å². The summed E-state index contributed by atoms with van der Waals surface area (Å²) in [6.45, 7) is 2.08. The number of aromatic amines is 1. The SMILES string of the molecule is CCc1cccc2c(N=Nc3ccc(Br)cc3)c(O)[nH]c12. The first-order chi connectivity index (χ1) is 10.2. The van der Waals surface area contributed by atoms with Crippen LogP contribution in [-0.2, 0) is 6.42 Å². The lowest BCUT2D eigenvalue weighted by molar-refractivity contribution is 0.459. The van der Waals surface area contributed by atoms with Crippen molar-refractivity contribution >= 4 is 38.2 Å². The first-order valence-corrected chi connectivity index (χ1v) is 7.48. The van der Waals surface area contributed by atoms with E-state index in [1.54, 1.807) is 0 Å². The molecule has 0 bridgehead atoms. The molecule has 2 N–H and O–H groups in total. The van der Waals surface area contributed by atoms with Crippen molar-refractivity contribution in [1.82, 2.24) is 4.98 Å². The number of nitrogens with zero attached hydrogens (tertiary/aromatic N) is 2. The van der Waals surface area contributed by atoms with E-state index in [1.165, 1.54) is 0 Å². The number of fused-ring (bicyclic) bond motifs is 1. The van der Waals surface area contributed by atoms with E-state index in [2.05, 4.69) is 38.1 Å². The Bertz CT molecular complexity index is 806. The van der Waals surface area contributed by atoms with Crippen LogP contribution >= 0.6 is 15.9 Å². The summed E-state index contributed by atoms with van der Waals surface area (Å²) in [7, 11) is 0. The maximum Gasteiger partial charge on any atom is 0.218 e. The van der Waals surface area contributed by atoms with Gasteiger partial charge in [-0.15, -0.1) is 5.11 Å². The molecular formula is C16H14BrN3O. The fourth-order valence-electron chi connectivity index (χ4n) is 2.26. The second kappa shape index (κ2) is 5.69. The lowest BCUT2D eigenvalue weighted by Gasteiger charge is -1.98. The number of aryl methyl sites for hydroxylation is 1. The normalized spacial score (nSPS) is 11.5. The average Bonchev–Trinajstić information content (AvgIpc) is 2.82. The highest BCUT2D eigenvalue weighted by Crippen LogP contribution is 2.37. The van der Waals surface area contributed by atoms with E-state index in [0.717, 1.165) is 33.0 Å². The monoisotopic (exact) mass is 343 g/mol. The van der Waals surface area contributed by atoms with Gasteiger partial charge in [-0.3, -0.25) is 0 Å². The zero-order chi connectivity index (χ0) is 14.8. The third-order valence-electron chi connectivity index (χ3n) is 3.35.